The lowest BCUT2D eigenvalue weighted by Crippen LogP contribution is -2.52. The first-order valence-corrected chi connectivity index (χ1v) is 5.80. The molecule has 0 aromatic heterocycles. The lowest BCUT2D eigenvalue weighted by molar-refractivity contribution is -0.124. The van der Waals surface area contributed by atoms with Gasteiger partial charge in [0.2, 0.25) is 5.91 Å². The van der Waals surface area contributed by atoms with E-state index >= 15 is 0 Å². The van der Waals surface area contributed by atoms with Gasteiger partial charge in [-0.2, -0.15) is 0 Å². The normalized spacial score (nSPS) is 13.1. The molecule has 0 spiro atoms. The molecule has 1 aromatic rings. The molecule has 5 N–H and O–H groups in total. The highest BCUT2D eigenvalue weighted by Gasteiger charge is 2.23. The number of nitrogens with one attached hydrogen (secondary N) is 1. The van der Waals surface area contributed by atoms with Crippen LogP contribution in [-0.2, 0) is 11.2 Å². The smallest absolute Gasteiger partial charge is 0.237 e. The summed E-state index contributed by atoms with van der Waals surface area (Å²) in [7, 11) is 0. The van der Waals surface area contributed by atoms with Gasteiger partial charge in [-0.15, -0.1) is 0 Å². The third-order valence-electron chi connectivity index (χ3n) is 2.59. The fraction of sp³-hybridized carbons (Fsp3) is 0.462. The van der Waals surface area contributed by atoms with Gasteiger partial charge < -0.3 is 21.3 Å². The number of carbonyl (C=O) groups is 1. The second-order valence-corrected chi connectivity index (χ2v) is 5.01. The number of phenolic OH excluding ortho intramolecular Hbond substituents is 1. The Morgan fingerprint density at radius 1 is 1.39 bits per heavy atom. The van der Waals surface area contributed by atoms with E-state index in [2.05, 4.69) is 5.32 Å². The average molecular weight is 252 g/mol. The highest BCUT2D eigenvalue weighted by molar-refractivity contribution is 5.82. The van der Waals surface area contributed by atoms with E-state index in [1.807, 2.05) is 0 Å². The zero-order valence-electron chi connectivity index (χ0n) is 10.7. The van der Waals surface area contributed by atoms with Gasteiger partial charge in [-0.25, -0.2) is 0 Å². The summed E-state index contributed by atoms with van der Waals surface area (Å²) >= 11 is 0. The van der Waals surface area contributed by atoms with Crippen LogP contribution in [0.15, 0.2) is 24.3 Å². The van der Waals surface area contributed by atoms with Crippen LogP contribution in [0.1, 0.15) is 19.4 Å². The molecule has 1 aromatic carbocycles. The van der Waals surface area contributed by atoms with Gasteiger partial charge >= 0.3 is 0 Å². The molecule has 0 fully saturated rings. The van der Waals surface area contributed by atoms with Crippen molar-refractivity contribution in [1.82, 2.24) is 5.32 Å². The molecule has 0 saturated carbocycles. The summed E-state index contributed by atoms with van der Waals surface area (Å²) in [5.41, 5.74) is 5.99. The quantitative estimate of drug-likeness (QED) is 0.600. The standard InChI is InChI=1S/C13H20N2O3/c1-13(2,8-16)15-12(18)11(14)7-9-3-5-10(17)6-4-9/h3-6,11,16-17H,7-8,14H2,1-2H3,(H,15,18)/t11-/m0/s1. The van der Waals surface area contributed by atoms with Gasteiger partial charge in [0, 0.05) is 0 Å². The maximum absolute atomic E-state index is 11.8. The summed E-state index contributed by atoms with van der Waals surface area (Å²) < 4.78 is 0. The van der Waals surface area contributed by atoms with Crippen molar-refractivity contribution in [3.63, 3.8) is 0 Å². The van der Waals surface area contributed by atoms with E-state index in [0.717, 1.165) is 5.56 Å². The van der Waals surface area contributed by atoms with Crippen LogP contribution in [0.25, 0.3) is 0 Å². The number of benzene rings is 1. The summed E-state index contributed by atoms with van der Waals surface area (Å²) in [5.74, 6) is -0.125. The van der Waals surface area contributed by atoms with E-state index in [9.17, 15) is 4.79 Å². The predicted octanol–water partition coefficient (Wildman–Crippen LogP) is 0.149. The molecule has 5 heteroatoms. The second kappa shape index (κ2) is 5.84. The van der Waals surface area contributed by atoms with Crippen molar-refractivity contribution >= 4 is 5.91 Å². The molecule has 18 heavy (non-hydrogen) atoms. The Morgan fingerprint density at radius 2 is 1.94 bits per heavy atom. The highest BCUT2D eigenvalue weighted by Crippen LogP contribution is 2.11. The molecule has 0 aliphatic heterocycles. The van der Waals surface area contributed by atoms with Gasteiger partial charge in [0.05, 0.1) is 18.2 Å². The number of aromatic hydroxyl groups is 1. The topological polar surface area (TPSA) is 95.6 Å². The van der Waals surface area contributed by atoms with Crippen molar-refractivity contribution < 1.29 is 15.0 Å². The molecule has 100 valence electrons. The molecule has 0 unspecified atom stereocenters. The van der Waals surface area contributed by atoms with Crippen LogP contribution in [0.5, 0.6) is 5.75 Å². The van der Waals surface area contributed by atoms with Crippen molar-refractivity contribution in [2.45, 2.75) is 31.8 Å². The number of rotatable bonds is 5. The number of hydrogen-bond acceptors (Lipinski definition) is 4. The zero-order valence-corrected chi connectivity index (χ0v) is 10.7. The third kappa shape index (κ3) is 4.35. The predicted molar refractivity (Wildman–Crippen MR) is 69.1 cm³/mol. The number of carbonyl (C=O) groups excluding carboxylic acids is 1. The molecule has 1 atom stereocenters. The number of amides is 1. The summed E-state index contributed by atoms with van der Waals surface area (Å²) in [6, 6.07) is 5.87. The van der Waals surface area contributed by atoms with Crippen molar-refractivity contribution in [2.75, 3.05) is 6.61 Å². The maximum atomic E-state index is 11.8. The van der Waals surface area contributed by atoms with Gasteiger partial charge in [-0.3, -0.25) is 4.79 Å². The lowest BCUT2D eigenvalue weighted by Gasteiger charge is -2.25. The van der Waals surface area contributed by atoms with Crippen LogP contribution in [-0.4, -0.2) is 34.3 Å². The minimum atomic E-state index is -0.680. The van der Waals surface area contributed by atoms with E-state index in [1.54, 1.807) is 38.1 Å². The molecule has 0 aliphatic carbocycles. The molecule has 0 saturated heterocycles. The zero-order chi connectivity index (χ0) is 13.8. The van der Waals surface area contributed by atoms with Crippen molar-refractivity contribution in [2.24, 2.45) is 5.73 Å². The Balaban J connectivity index is 2.57. The molecule has 0 radical (unpaired) electrons. The minimum Gasteiger partial charge on any atom is -0.508 e. The molecule has 0 heterocycles. The summed E-state index contributed by atoms with van der Waals surface area (Å²) in [6.07, 6.45) is 0.383. The number of phenols is 1. The number of aliphatic hydroxyl groups is 1. The number of aliphatic hydroxyl groups excluding tert-OH is 1. The molecule has 0 aliphatic rings. The lowest BCUT2D eigenvalue weighted by atomic mass is 10.0. The van der Waals surface area contributed by atoms with Gasteiger partial charge in [0.1, 0.15) is 5.75 Å². The van der Waals surface area contributed by atoms with Gasteiger partial charge in [-0.05, 0) is 38.0 Å². The molecular formula is C13H20N2O3. The van der Waals surface area contributed by atoms with Crippen LogP contribution < -0.4 is 11.1 Å². The second-order valence-electron chi connectivity index (χ2n) is 5.01. The van der Waals surface area contributed by atoms with Crippen molar-refractivity contribution in [1.29, 1.82) is 0 Å². The van der Waals surface area contributed by atoms with Crippen LogP contribution in [0.4, 0.5) is 0 Å². The minimum absolute atomic E-state index is 0.148. The molecular weight excluding hydrogens is 232 g/mol. The number of nitrogens with two attached hydrogens (primary N) is 1. The summed E-state index contributed by atoms with van der Waals surface area (Å²) in [6.45, 7) is 3.29. The van der Waals surface area contributed by atoms with E-state index in [0.29, 0.717) is 6.42 Å². The third-order valence-corrected chi connectivity index (χ3v) is 2.59. The average Bonchev–Trinajstić information content (AvgIpc) is 2.31. The molecule has 0 bridgehead atoms. The summed E-state index contributed by atoms with van der Waals surface area (Å²) in [4.78, 5) is 11.8. The van der Waals surface area contributed by atoms with E-state index in [4.69, 9.17) is 15.9 Å². The van der Waals surface area contributed by atoms with Gasteiger partial charge in [-0.1, -0.05) is 12.1 Å². The molecule has 5 nitrogen and oxygen atoms in total. The number of hydrogen-bond donors (Lipinski definition) is 4. The fourth-order valence-corrected chi connectivity index (χ4v) is 1.44. The van der Waals surface area contributed by atoms with Gasteiger partial charge in [0.25, 0.3) is 0 Å². The first-order chi connectivity index (χ1) is 8.34. The van der Waals surface area contributed by atoms with Crippen molar-refractivity contribution in [3.8, 4) is 5.75 Å². The SMILES string of the molecule is CC(C)(CO)NC(=O)[C@@H](N)Cc1ccc(O)cc1. The summed E-state index contributed by atoms with van der Waals surface area (Å²) in [5, 5.41) is 20.9. The first-order valence-electron chi connectivity index (χ1n) is 5.80. The van der Waals surface area contributed by atoms with E-state index < -0.39 is 11.6 Å². The first kappa shape index (κ1) is 14.5. The van der Waals surface area contributed by atoms with E-state index in [1.165, 1.54) is 0 Å². The molecule has 1 rings (SSSR count). The largest absolute Gasteiger partial charge is 0.508 e. The Bertz CT molecular complexity index is 401. The van der Waals surface area contributed by atoms with Gasteiger partial charge in [0.15, 0.2) is 0 Å². The van der Waals surface area contributed by atoms with Crippen LogP contribution in [0.3, 0.4) is 0 Å². The Hall–Kier alpha value is -1.59. The highest BCUT2D eigenvalue weighted by atomic mass is 16.3. The Morgan fingerprint density at radius 3 is 2.44 bits per heavy atom. The monoisotopic (exact) mass is 252 g/mol. The van der Waals surface area contributed by atoms with Crippen LogP contribution in [0, 0.1) is 0 Å². The molecule has 1 amide bonds. The van der Waals surface area contributed by atoms with Crippen LogP contribution in [0.2, 0.25) is 0 Å². The Labute approximate surface area is 107 Å². The fourth-order valence-electron chi connectivity index (χ4n) is 1.44. The van der Waals surface area contributed by atoms with Crippen molar-refractivity contribution in [3.05, 3.63) is 29.8 Å². The van der Waals surface area contributed by atoms with Crippen LogP contribution >= 0.6 is 0 Å². The maximum Gasteiger partial charge on any atom is 0.237 e. The Kier molecular flexibility index (Phi) is 4.69. The van der Waals surface area contributed by atoms with E-state index in [-0.39, 0.29) is 18.3 Å².